The Kier molecular flexibility index (Phi) is 5.38. The van der Waals surface area contributed by atoms with Crippen LogP contribution < -0.4 is 5.32 Å². The Bertz CT molecular complexity index is 724. The molecule has 5 atom stereocenters. The minimum atomic E-state index is -1.98. The molecule has 0 aromatic heterocycles. The molecule has 2 saturated heterocycles. The highest BCUT2D eigenvalue weighted by molar-refractivity contribution is 6.74. The number of allylic oxidation sites excluding steroid dienone is 1. The summed E-state index contributed by atoms with van der Waals surface area (Å²) in [5, 5.41) is 3.10. The van der Waals surface area contributed by atoms with Gasteiger partial charge in [-0.3, -0.25) is 19.3 Å². The van der Waals surface area contributed by atoms with Gasteiger partial charge in [-0.2, -0.15) is 0 Å². The number of rotatable bonds is 5. The Balaban J connectivity index is 1.73. The molecule has 28 heavy (non-hydrogen) atoms. The Hall–Kier alpha value is -1.47. The summed E-state index contributed by atoms with van der Waals surface area (Å²) in [5.41, 5.74) is 1.08. The summed E-state index contributed by atoms with van der Waals surface area (Å²) in [5.74, 6) is -0.823. The van der Waals surface area contributed by atoms with Crippen LogP contribution in [0.2, 0.25) is 18.1 Å². The molecule has 0 aromatic carbocycles. The van der Waals surface area contributed by atoms with E-state index in [0.717, 1.165) is 5.57 Å². The Morgan fingerprint density at radius 1 is 1.21 bits per heavy atom. The number of fused-ring (bicyclic) bond motifs is 1. The standard InChI is InChI=1S/C21H34N2O4Si/c1-8-23-19(25)14-10-9-13(11-15(14)20(23)26)17-16(18(24)22-17)12(2)27-28(6,7)21(3,4)5/h9,12,14-17H,8,10-11H2,1-7H3,(H,22,24)/t12-,14?,15?,16-,17-/m1/s1. The highest BCUT2D eigenvalue weighted by Crippen LogP contribution is 2.43. The van der Waals surface area contributed by atoms with Crippen molar-refractivity contribution in [2.45, 2.75) is 77.7 Å². The molecule has 7 heteroatoms. The van der Waals surface area contributed by atoms with Crippen molar-refractivity contribution in [1.82, 2.24) is 10.2 Å². The number of nitrogens with zero attached hydrogens (tertiary/aromatic N) is 1. The molecule has 0 bridgehead atoms. The van der Waals surface area contributed by atoms with Crippen molar-refractivity contribution in [3.05, 3.63) is 11.6 Å². The van der Waals surface area contributed by atoms with Crippen molar-refractivity contribution < 1.29 is 18.8 Å². The van der Waals surface area contributed by atoms with E-state index in [2.05, 4.69) is 45.3 Å². The zero-order valence-corrected chi connectivity index (χ0v) is 19.2. The van der Waals surface area contributed by atoms with Crippen LogP contribution in [0.5, 0.6) is 0 Å². The lowest BCUT2D eigenvalue weighted by Crippen LogP contribution is -2.64. The van der Waals surface area contributed by atoms with Gasteiger partial charge in [0.05, 0.1) is 29.9 Å². The maximum Gasteiger partial charge on any atom is 0.233 e. The number of imide groups is 1. The fraction of sp³-hybridized carbons (Fsp3) is 0.762. The number of hydrogen-bond acceptors (Lipinski definition) is 4. The summed E-state index contributed by atoms with van der Waals surface area (Å²) in [4.78, 5) is 38.8. The molecule has 2 unspecified atom stereocenters. The molecule has 6 nitrogen and oxygen atoms in total. The van der Waals surface area contributed by atoms with Gasteiger partial charge in [0.1, 0.15) is 0 Å². The second-order valence-corrected chi connectivity index (χ2v) is 14.7. The van der Waals surface area contributed by atoms with Crippen LogP contribution in [0.15, 0.2) is 11.6 Å². The van der Waals surface area contributed by atoms with Crippen LogP contribution in [0, 0.1) is 17.8 Å². The third-order valence-corrected chi connectivity index (χ3v) is 11.8. The molecule has 2 fully saturated rings. The van der Waals surface area contributed by atoms with E-state index in [-0.39, 0.29) is 52.7 Å². The lowest BCUT2D eigenvalue weighted by Gasteiger charge is -2.46. The molecule has 3 rings (SSSR count). The predicted molar refractivity (Wildman–Crippen MR) is 110 cm³/mol. The first-order valence-electron chi connectivity index (χ1n) is 10.4. The number of likely N-dealkylation sites (tertiary alicyclic amines) is 1. The average Bonchev–Trinajstić information content (AvgIpc) is 2.81. The van der Waals surface area contributed by atoms with Crippen LogP contribution in [-0.2, 0) is 18.8 Å². The van der Waals surface area contributed by atoms with E-state index in [4.69, 9.17) is 4.43 Å². The molecule has 0 saturated carbocycles. The molecule has 2 aliphatic heterocycles. The third kappa shape index (κ3) is 3.36. The zero-order valence-electron chi connectivity index (χ0n) is 18.2. The predicted octanol–water partition coefficient (Wildman–Crippen LogP) is 2.85. The van der Waals surface area contributed by atoms with Crippen molar-refractivity contribution in [2.24, 2.45) is 17.8 Å². The summed E-state index contributed by atoms with van der Waals surface area (Å²) >= 11 is 0. The second-order valence-electron chi connectivity index (χ2n) is 9.95. The van der Waals surface area contributed by atoms with Crippen molar-refractivity contribution in [2.75, 3.05) is 6.54 Å². The summed E-state index contributed by atoms with van der Waals surface area (Å²) in [7, 11) is -1.98. The molecule has 1 aliphatic carbocycles. The van der Waals surface area contributed by atoms with Crippen LogP contribution in [0.1, 0.15) is 47.5 Å². The smallest absolute Gasteiger partial charge is 0.233 e. The van der Waals surface area contributed by atoms with Crippen molar-refractivity contribution in [3.63, 3.8) is 0 Å². The molecule has 0 aromatic rings. The summed E-state index contributed by atoms with van der Waals surface area (Å²) in [6.45, 7) is 15.2. The van der Waals surface area contributed by atoms with Gasteiger partial charge < -0.3 is 9.74 Å². The van der Waals surface area contributed by atoms with Crippen LogP contribution in [-0.4, -0.2) is 49.6 Å². The molecule has 0 spiro atoms. The van der Waals surface area contributed by atoms with E-state index in [0.29, 0.717) is 19.4 Å². The quantitative estimate of drug-likeness (QED) is 0.330. The maximum absolute atomic E-state index is 12.6. The van der Waals surface area contributed by atoms with E-state index >= 15 is 0 Å². The van der Waals surface area contributed by atoms with E-state index in [1.165, 1.54) is 4.90 Å². The van der Waals surface area contributed by atoms with Gasteiger partial charge in [0.15, 0.2) is 8.32 Å². The van der Waals surface area contributed by atoms with Gasteiger partial charge in [-0.1, -0.05) is 32.4 Å². The van der Waals surface area contributed by atoms with Crippen molar-refractivity contribution in [3.8, 4) is 0 Å². The van der Waals surface area contributed by atoms with E-state index in [1.807, 2.05) is 13.8 Å². The third-order valence-electron chi connectivity index (χ3n) is 7.21. The minimum absolute atomic E-state index is 0.0169. The lowest BCUT2D eigenvalue weighted by molar-refractivity contribution is -0.140. The Morgan fingerprint density at radius 3 is 2.36 bits per heavy atom. The molecule has 1 N–H and O–H groups in total. The van der Waals surface area contributed by atoms with Gasteiger partial charge >= 0.3 is 0 Å². The number of β-lactam (4-membered cyclic amide) rings is 1. The SMILES string of the molecule is CCN1C(=O)C2CC=C([C@H]3NC(=O)[C@@H]3[C@@H](C)O[Si](C)(C)C(C)(C)C)CC2C1=O. The monoisotopic (exact) mass is 406 g/mol. The summed E-state index contributed by atoms with van der Waals surface area (Å²) < 4.78 is 6.48. The zero-order chi connectivity index (χ0) is 21.0. The number of hydrogen-bond donors (Lipinski definition) is 1. The molecule has 2 heterocycles. The summed E-state index contributed by atoms with van der Waals surface area (Å²) in [6.07, 6.45) is 3.03. The largest absolute Gasteiger partial charge is 0.413 e. The van der Waals surface area contributed by atoms with Crippen LogP contribution in [0.3, 0.4) is 0 Å². The molecule has 156 valence electrons. The van der Waals surface area contributed by atoms with Gasteiger partial charge in [0, 0.05) is 6.54 Å². The normalized spacial score (nSPS) is 31.9. The highest BCUT2D eigenvalue weighted by Gasteiger charge is 2.53. The molecular weight excluding hydrogens is 372 g/mol. The van der Waals surface area contributed by atoms with Crippen LogP contribution in [0.4, 0.5) is 0 Å². The van der Waals surface area contributed by atoms with E-state index < -0.39 is 8.32 Å². The Morgan fingerprint density at radius 2 is 1.82 bits per heavy atom. The molecular formula is C21H34N2O4Si. The number of carbonyl (C=O) groups excluding carboxylic acids is 3. The van der Waals surface area contributed by atoms with Gasteiger partial charge in [0.25, 0.3) is 0 Å². The maximum atomic E-state index is 12.6. The first kappa shape index (κ1) is 21.2. The van der Waals surface area contributed by atoms with E-state index in [1.54, 1.807) is 0 Å². The van der Waals surface area contributed by atoms with Gasteiger partial charge in [-0.25, -0.2) is 0 Å². The topological polar surface area (TPSA) is 75.7 Å². The number of nitrogens with one attached hydrogen (secondary N) is 1. The first-order chi connectivity index (χ1) is 12.9. The van der Waals surface area contributed by atoms with Crippen molar-refractivity contribution in [1.29, 1.82) is 0 Å². The van der Waals surface area contributed by atoms with Gasteiger partial charge in [-0.15, -0.1) is 0 Å². The fourth-order valence-electron chi connectivity index (χ4n) is 4.45. The average molecular weight is 407 g/mol. The first-order valence-corrected chi connectivity index (χ1v) is 13.3. The fourth-order valence-corrected chi connectivity index (χ4v) is 5.88. The van der Waals surface area contributed by atoms with Crippen LogP contribution in [0.25, 0.3) is 0 Å². The van der Waals surface area contributed by atoms with Crippen LogP contribution >= 0.6 is 0 Å². The highest BCUT2D eigenvalue weighted by atomic mass is 28.4. The molecule has 3 aliphatic rings. The minimum Gasteiger partial charge on any atom is -0.413 e. The van der Waals surface area contributed by atoms with Gasteiger partial charge in [-0.05, 0) is 44.8 Å². The van der Waals surface area contributed by atoms with Crippen molar-refractivity contribution >= 4 is 26.0 Å². The molecule has 0 radical (unpaired) electrons. The number of amides is 3. The number of carbonyl (C=O) groups is 3. The second kappa shape index (κ2) is 7.09. The lowest BCUT2D eigenvalue weighted by atomic mass is 9.73. The van der Waals surface area contributed by atoms with Gasteiger partial charge in [0.2, 0.25) is 17.7 Å². The molecule has 3 amide bonds. The van der Waals surface area contributed by atoms with E-state index in [9.17, 15) is 14.4 Å². The summed E-state index contributed by atoms with van der Waals surface area (Å²) in [6, 6.07) is -0.0909. The Labute approximate surface area is 169 Å².